The van der Waals surface area contributed by atoms with Crippen molar-refractivity contribution in [3.8, 4) is 5.75 Å². The maximum atomic E-state index is 6.02. The van der Waals surface area contributed by atoms with Crippen LogP contribution in [0.5, 0.6) is 5.75 Å². The highest BCUT2D eigenvalue weighted by atomic mass is 79.9. The normalized spacial score (nSPS) is 19.6. The van der Waals surface area contributed by atoms with Crippen LogP contribution in [-0.4, -0.2) is 10.6 Å². The fourth-order valence-corrected chi connectivity index (χ4v) is 2.79. The van der Waals surface area contributed by atoms with Crippen molar-refractivity contribution in [1.82, 2.24) is 4.98 Å². The fraction of sp³-hybridized carbons (Fsp3) is 0.267. The fourth-order valence-electron chi connectivity index (χ4n) is 2.43. The number of ether oxygens (including phenoxy) is 1. The summed E-state index contributed by atoms with van der Waals surface area (Å²) in [6.07, 6.45) is 1.76. The molecule has 0 aliphatic carbocycles. The van der Waals surface area contributed by atoms with Crippen LogP contribution in [0.4, 0.5) is 5.69 Å². The number of pyridine rings is 1. The Balaban J connectivity index is 1.98. The summed E-state index contributed by atoms with van der Waals surface area (Å²) in [7, 11) is 0. The second kappa shape index (κ2) is 4.53. The lowest BCUT2D eigenvalue weighted by atomic mass is 9.94. The highest BCUT2D eigenvalue weighted by Crippen LogP contribution is 2.44. The molecule has 1 atom stereocenters. The van der Waals surface area contributed by atoms with E-state index in [4.69, 9.17) is 4.74 Å². The van der Waals surface area contributed by atoms with Gasteiger partial charge in [-0.15, -0.1) is 0 Å². The first-order chi connectivity index (χ1) is 9.08. The Kier molecular flexibility index (Phi) is 2.97. The third kappa shape index (κ3) is 2.21. The number of benzene rings is 1. The Morgan fingerprint density at radius 1 is 1.21 bits per heavy atom. The molecule has 3 nitrogen and oxygen atoms in total. The second-order valence-corrected chi connectivity index (χ2v) is 5.91. The van der Waals surface area contributed by atoms with Gasteiger partial charge in [-0.2, -0.15) is 0 Å². The highest BCUT2D eigenvalue weighted by molar-refractivity contribution is 9.10. The predicted octanol–water partition coefficient (Wildman–Crippen LogP) is 4.17. The smallest absolute Gasteiger partial charge is 0.129 e. The first-order valence-corrected chi connectivity index (χ1v) is 7.02. The van der Waals surface area contributed by atoms with Crippen LogP contribution < -0.4 is 10.1 Å². The minimum atomic E-state index is -0.293. The van der Waals surface area contributed by atoms with E-state index in [-0.39, 0.29) is 11.6 Å². The molecule has 2 heterocycles. The third-order valence-electron chi connectivity index (χ3n) is 3.36. The lowest BCUT2D eigenvalue weighted by molar-refractivity contribution is 0.118. The van der Waals surface area contributed by atoms with E-state index >= 15 is 0 Å². The minimum absolute atomic E-state index is 0.101. The molecule has 98 valence electrons. The van der Waals surface area contributed by atoms with E-state index in [9.17, 15) is 0 Å². The van der Waals surface area contributed by atoms with Crippen molar-refractivity contribution in [2.75, 3.05) is 5.32 Å². The van der Waals surface area contributed by atoms with Gasteiger partial charge in [0.2, 0.25) is 0 Å². The number of rotatable bonds is 2. The van der Waals surface area contributed by atoms with Gasteiger partial charge in [-0.3, -0.25) is 0 Å². The first kappa shape index (κ1) is 12.5. The van der Waals surface area contributed by atoms with Gasteiger partial charge in [0.05, 0.1) is 11.7 Å². The van der Waals surface area contributed by atoms with Gasteiger partial charge >= 0.3 is 0 Å². The van der Waals surface area contributed by atoms with Gasteiger partial charge < -0.3 is 10.1 Å². The summed E-state index contributed by atoms with van der Waals surface area (Å²) >= 11 is 3.47. The van der Waals surface area contributed by atoms with Crippen molar-refractivity contribution in [1.29, 1.82) is 0 Å². The Bertz CT molecular complexity index is 613. The first-order valence-electron chi connectivity index (χ1n) is 6.23. The summed E-state index contributed by atoms with van der Waals surface area (Å²) in [6.45, 7) is 4.18. The molecule has 0 saturated carbocycles. The molecule has 19 heavy (non-hydrogen) atoms. The second-order valence-electron chi connectivity index (χ2n) is 5.16. The van der Waals surface area contributed by atoms with E-state index in [2.05, 4.69) is 46.1 Å². The van der Waals surface area contributed by atoms with Gasteiger partial charge in [-0.1, -0.05) is 18.2 Å². The van der Waals surface area contributed by atoms with Gasteiger partial charge in [-0.05, 0) is 48.0 Å². The average molecular weight is 319 g/mol. The number of anilines is 1. The van der Waals surface area contributed by atoms with E-state index in [0.717, 1.165) is 16.0 Å². The number of hydrogen-bond acceptors (Lipinski definition) is 3. The monoisotopic (exact) mass is 318 g/mol. The van der Waals surface area contributed by atoms with Crippen molar-refractivity contribution < 1.29 is 4.74 Å². The minimum Gasteiger partial charge on any atom is -0.485 e. The van der Waals surface area contributed by atoms with Crippen LogP contribution in [0.3, 0.4) is 0 Å². The van der Waals surface area contributed by atoms with Crippen LogP contribution in [0.1, 0.15) is 25.5 Å². The Hall–Kier alpha value is -1.55. The molecule has 2 aromatic rings. The van der Waals surface area contributed by atoms with E-state index in [1.165, 1.54) is 5.56 Å². The molecule has 1 aromatic heterocycles. The molecule has 3 rings (SSSR count). The molecule has 0 radical (unpaired) electrons. The van der Waals surface area contributed by atoms with Crippen LogP contribution in [0.25, 0.3) is 0 Å². The van der Waals surface area contributed by atoms with Crippen molar-refractivity contribution >= 4 is 21.6 Å². The molecule has 1 aliphatic heterocycles. The van der Waals surface area contributed by atoms with Crippen LogP contribution >= 0.6 is 15.9 Å². The summed E-state index contributed by atoms with van der Waals surface area (Å²) in [5.41, 5.74) is 1.86. The number of aromatic nitrogens is 1. The number of nitrogens with one attached hydrogen (secondary N) is 1. The summed E-state index contributed by atoms with van der Waals surface area (Å²) in [4.78, 5) is 4.24. The molecule has 0 saturated heterocycles. The summed E-state index contributed by atoms with van der Waals surface area (Å²) in [5.74, 6) is 0.949. The molecular formula is C15H15BrN2O. The van der Waals surface area contributed by atoms with E-state index in [1.807, 2.05) is 30.3 Å². The van der Waals surface area contributed by atoms with Crippen molar-refractivity contribution in [2.45, 2.75) is 25.5 Å². The van der Waals surface area contributed by atoms with Crippen molar-refractivity contribution in [3.05, 3.63) is 52.8 Å². The zero-order chi connectivity index (χ0) is 13.5. The number of nitrogens with zero attached hydrogens (tertiary/aromatic N) is 1. The van der Waals surface area contributed by atoms with Crippen LogP contribution in [-0.2, 0) is 0 Å². The van der Waals surface area contributed by atoms with Crippen LogP contribution in [0.2, 0.25) is 0 Å². The summed E-state index contributed by atoms with van der Waals surface area (Å²) in [5, 5.41) is 3.52. The number of para-hydroxylation sites is 1. The molecule has 4 heteroatoms. The highest BCUT2D eigenvalue weighted by Gasteiger charge is 2.41. The Morgan fingerprint density at radius 2 is 2.00 bits per heavy atom. The number of halogens is 1. The van der Waals surface area contributed by atoms with E-state index in [1.54, 1.807) is 6.20 Å². The quantitative estimate of drug-likeness (QED) is 0.844. The molecule has 1 aliphatic rings. The van der Waals surface area contributed by atoms with Gasteiger partial charge in [-0.25, -0.2) is 4.98 Å². The molecule has 0 fully saturated rings. The van der Waals surface area contributed by atoms with Gasteiger partial charge in [0.1, 0.15) is 16.0 Å². The lowest BCUT2D eigenvalue weighted by Gasteiger charge is -2.28. The standard InChI is InChI=1S/C15H15BrN2O/c1-15(2)13(10-6-3-4-8-12(10)19-15)18-11-7-5-9-17-14(11)16/h3-9,13,18H,1-2H3. The molecule has 1 N–H and O–H groups in total. The average Bonchev–Trinajstić information content (AvgIpc) is 2.63. The zero-order valence-corrected chi connectivity index (χ0v) is 12.4. The summed E-state index contributed by atoms with van der Waals surface area (Å²) in [6, 6.07) is 12.2. The summed E-state index contributed by atoms with van der Waals surface area (Å²) < 4.78 is 6.84. The largest absolute Gasteiger partial charge is 0.485 e. The molecule has 1 unspecified atom stereocenters. The number of fused-ring (bicyclic) bond motifs is 1. The van der Waals surface area contributed by atoms with Crippen LogP contribution in [0.15, 0.2) is 47.2 Å². The SMILES string of the molecule is CC1(C)Oc2ccccc2C1Nc1cccnc1Br. The van der Waals surface area contributed by atoms with Gasteiger partial charge in [0.25, 0.3) is 0 Å². The lowest BCUT2D eigenvalue weighted by Crippen LogP contribution is -2.34. The van der Waals surface area contributed by atoms with E-state index < -0.39 is 0 Å². The maximum absolute atomic E-state index is 6.02. The van der Waals surface area contributed by atoms with Crippen molar-refractivity contribution in [3.63, 3.8) is 0 Å². The number of hydrogen-bond donors (Lipinski definition) is 1. The Morgan fingerprint density at radius 3 is 2.79 bits per heavy atom. The van der Waals surface area contributed by atoms with Gasteiger partial charge in [0, 0.05) is 11.8 Å². The topological polar surface area (TPSA) is 34.1 Å². The predicted molar refractivity (Wildman–Crippen MR) is 79.4 cm³/mol. The zero-order valence-electron chi connectivity index (χ0n) is 10.9. The molecule has 0 spiro atoms. The van der Waals surface area contributed by atoms with Gasteiger partial charge in [0.15, 0.2) is 0 Å². The molecule has 1 aromatic carbocycles. The molecule has 0 bridgehead atoms. The van der Waals surface area contributed by atoms with E-state index in [0.29, 0.717) is 0 Å². The third-order valence-corrected chi connectivity index (χ3v) is 3.99. The van der Waals surface area contributed by atoms with Crippen LogP contribution in [0, 0.1) is 0 Å². The van der Waals surface area contributed by atoms with Crippen molar-refractivity contribution in [2.24, 2.45) is 0 Å². The Labute approximate surface area is 121 Å². The molecule has 0 amide bonds. The molecular weight excluding hydrogens is 304 g/mol. The maximum Gasteiger partial charge on any atom is 0.129 e.